The Morgan fingerprint density at radius 2 is 2.10 bits per heavy atom. The molecule has 0 aromatic carbocycles. The molecule has 0 unspecified atom stereocenters. The molecule has 2 heterocycles. The Kier molecular flexibility index (Phi) is 4.57. The van der Waals surface area contributed by atoms with Gasteiger partial charge in [0.15, 0.2) is 0 Å². The van der Waals surface area contributed by atoms with Gasteiger partial charge in [0, 0.05) is 19.3 Å². The minimum Gasteiger partial charge on any atom is -0.349 e. The summed E-state index contributed by atoms with van der Waals surface area (Å²) >= 11 is 0. The lowest BCUT2D eigenvalue weighted by atomic mass is 10.0. The topological polar surface area (TPSA) is 75.5 Å². The third-order valence-corrected chi connectivity index (χ3v) is 3.17. The first-order chi connectivity index (χ1) is 9.97. The molecule has 0 aliphatic carbocycles. The third-order valence-electron chi connectivity index (χ3n) is 3.17. The number of rotatable bonds is 5. The summed E-state index contributed by atoms with van der Waals surface area (Å²) in [5, 5.41) is 5.48. The van der Waals surface area contributed by atoms with Crippen molar-refractivity contribution in [3.8, 4) is 0 Å². The molecule has 2 N–H and O–H groups in total. The van der Waals surface area contributed by atoms with Crippen LogP contribution in [0.2, 0.25) is 0 Å². The molecule has 1 atom stereocenters. The first-order valence-corrected chi connectivity index (χ1v) is 6.95. The number of carbonyl (C=O) groups is 2. The van der Waals surface area contributed by atoms with Gasteiger partial charge in [0.2, 0.25) is 11.8 Å². The van der Waals surface area contributed by atoms with E-state index in [9.17, 15) is 9.59 Å². The van der Waals surface area contributed by atoms with E-state index < -0.39 is 6.04 Å². The quantitative estimate of drug-likeness (QED) is 0.865. The summed E-state index contributed by atoms with van der Waals surface area (Å²) in [5.41, 5.74) is 1.61. The predicted molar refractivity (Wildman–Crippen MR) is 79.5 cm³/mol. The maximum atomic E-state index is 12.1. The highest BCUT2D eigenvalue weighted by Crippen LogP contribution is 2.05. The van der Waals surface area contributed by atoms with Crippen molar-refractivity contribution >= 4 is 17.5 Å². The average molecular weight is 288 g/mol. The van der Waals surface area contributed by atoms with E-state index in [4.69, 9.17) is 0 Å². The summed E-state index contributed by atoms with van der Waals surface area (Å²) < 4.78 is 1.90. The molecular formula is C15H20N4O2. The minimum absolute atomic E-state index is 0.0231. The molecule has 2 aromatic rings. The fourth-order valence-corrected chi connectivity index (χ4v) is 2.11. The number of imidazole rings is 1. The summed E-state index contributed by atoms with van der Waals surface area (Å²) in [6, 6.07) is 5.21. The molecule has 0 aliphatic heterocycles. The number of pyridine rings is 1. The summed E-state index contributed by atoms with van der Waals surface area (Å²) in [5.74, 6) is -0.385. The van der Waals surface area contributed by atoms with Crippen molar-refractivity contribution in [3.63, 3.8) is 0 Å². The lowest BCUT2D eigenvalue weighted by Gasteiger charge is -2.20. The largest absolute Gasteiger partial charge is 0.349 e. The number of aromatic nitrogens is 2. The van der Waals surface area contributed by atoms with Gasteiger partial charge in [-0.05, 0) is 18.1 Å². The fraction of sp³-hybridized carbons (Fsp3) is 0.400. The van der Waals surface area contributed by atoms with E-state index in [0.29, 0.717) is 6.54 Å². The van der Waals surface area contributed by atoms with E-state index in [1.54, 1.807) is 0 Å². The number of hydrogen-bond acceptors (Lipinski definition) is 3. The van der Waals surface area contributed by atoms with Gasteiger partial charge < -0.3 is 15.0 Å². The second kappa shape index (κ2) is 6.39. The van der Waals surface area contributed by atoms with Crippen molar-refractivity contribution in [2.24, 2.45) is 5.92 Å². The van der Waals surface area contributed by atoms with Crippen LogP contribution in [0.5, 0.6) is 0 Å². The molecule has 0 spiro atoms. The van der Waals surface area contributed by atoms with E-state index in [1.165, 1.54) is 6.92 Å². The summed E-state index contributed by atoms with van der Waals surface area (Å²) in [7, 11) is 0. The predicted octanol–water partition coefficient (Wildman–Crippen LogP) is 1.11. The average Bonchev–Trinajstić information content (AvgIpc) is 2.84. The Hall–Kier alpha value is -2.37. The van der Waals surface area contributed by atoms with Crippen LogP contribution in [0.4, 0.5) is 0 Å². The molecule has 2 amide bonds. The van der Waals surface area contributed by atoms with Crippen LogP contribution in [-0.2, 0) is 16.1 Å². The Morgan fingerprint density at radius 1 is 1.33 bits per heavy atom. The lowest BCUT2D eigenvalue weighted by molar-refractivity contribution is -0.129. The molecule has 6 heteroatoms. The maximum absolute atomic E-state index is 12.1. The van der Waals surface area contributed by atoms with Crippen LogP contribution in [0, 0.1) is 5.92 Å². The monoisotopic (exact) mass is 288 g/mol. The van der Waals surface area contributed by atoms with E-state index in [-0.39, 0.29) is 17.7 Å². The van der Waals surface area contributed by atoms with Gasteiger partial charge in [0.05, 0.1) is 12.2 Å². The Bertz CT molecular complexity index is 615. The van der Waals surface area contributed by atoms with Crippen molar-refractivity contribution < 1.29 is 9.59 Å². The van der Waals surface area contributed by atoms with Crippen LogP contribution in [0.15, 0.2) is 30.6 Å². The zero-order chi connectivity index (χ0) is 15.4. The molecule has 2 rings (SSSR count). The molecule has 21 heavy (non-hydrogen) atoms. The zero-order valence-corrected chi connectivity index (χ0v) is 12.5. The molecular weight excluding hydrogens is 268 g/mol. The first-order valence-electron chi connectivity index (χ1n) is 6.95. The summed E-state index contributed by atoms with van der Waals surface area (Å²) in [6.45, 7) is 5.53. The number of carbonyl (C=O) groups excluding carboxylic acids is 2. The van der Waals surface area contributed by atoms with E-state index in [1.807, 2.05) is 48.8 Å². The van der Waals surface area contributed by atoms with Crippen LogP contribution in [-0.4, -0.2) is 27.2 Å². The normalized spacial score (nSPS) is 12.4. The highest BCUT2D eigenvalue weighted by molar-refractivity contribution is 5.86. The van der Waals surface area contributed by atoms with Crippen molar-refractivity contribution in [2.45, 2.75) is 33.4 Å². The van der Waals surface area contributed by atoms with Crippen LogP contribution < -0.4 is 10.6 Å². The van der Waals surface area contributed by atoms with Gasteiger partial charge in [0.25, 0.3) is 0 Å². The first kappa shape index (κ1) is 15.0. The molecule has 0 saturated heterocycles. The van der Waals surface area contributed by atoms with Crippen LogP contribution >= 0.6 is 0 Å². The summed E-state index contributed by atoms with van der Waals surface area (Å²) in [4.78, 5) is 27.7. The van der Waals surface area contributed by atoms with Crippen LogP contribution in [0.1, 0.15) is 26.5 Å². The van der Waals surface area contributed by atoms with Gasteiger partial charge in [-0.15, -0.1) is 0 Å². The summed E-state index contributed by atoms with van der Waals surface area (Å²) in [6.07, 6.45) is 3.78. The molecule has 0 fully saturated rings. The second-order valence-corrected chi connectivity index (χ2v) is 5.34. The minimum atomic E-state index is -0.528. The number of nitrogens with zero attached hydrogens (tertiary/aromatic N) is 2. The number of hydrogen-bond donors (Lipinski definition) is 2. The van der Waals surface area contributed by atoms with Crippen molar-refractivity contribution in [1.29, 1.82) is 0 Å². The van der Waals surface area contributed by atoms with E-state index in [0.717, 1.165) is 11.3 Å². The molecule has 112 valence electrons. The standard InChI is InChI=1S/C15H20N4O2/c1-10(2)14(17-11(3)20)15(21)16-8-12-9-19-7-5-4-6-13(19)18-12/h4-7,9-10,14H,8H2,1-3H3,(H,16,21)(H,17,20)/t14-/m0/s1. The van der Waals surface area contributed by atoms with Crippen molar-refractivity contribution in [2.75, 3.05) is 0 Å². The smallest absolute Gasteiger partial charge is 0.243 e. The highest BCUT2D eigenvalue weighted by atomic mass is 16.2. The van der Waals surface area contributed by atoms with Crippen LogP contribution in [0.3, 0.4) is 0 Å². The number of amides is 2. The fourth-order valence-electron chi connectivity index (χ4n) is 2.11. The maximum Gasteiger partial charge on any atom is 0.243 e. The Morgan fingerprint density at radius 3 is 2.71 bits per heavy atom. The second-order valence-electron chi connectivity index (χ2n) is 5.34. The zero-order valence-electron chi connectivity index (χ0n) is 12.5. The van der Waals surface area contributed by atoms with Gasteiger partial charge in [-0.3, -0.25) is 9.59 Å². The van der Waals surface area contributed by atoms with Crippen molar-refractivity contribution in [1.82, 2.24) is 20.0 Å². The third kappa shape index (κ3) is 3.81. The lowest BCUT2D eigenvalue weighted by Crippen LogP contribution is -2.48. The number of fused-ring (bicyclic) bond motifs is 1. The van der Waals surface area contributed by atoms with E-state index >= 15 is 0 Å². The van der Waals surface area contributed by atoms with Gasteiger partial charge in [-0.2, -0.15) is 0 Å². The molecule has 0 aliphatic rings. The van der Waals surface area contributed by atoms with Gasteiger partial charge in [-0.1, -0.05) is 19.9 Å². The molecule has 2 aromatic heterocycles. The van der Waals surface area contributed by atoms with Crippen molar-refractivity contribution in [3.05, 3.63) is 36.3 Å². The molecule has 6 nitrogen and oxygen atoms in total. The van der Waals surface area contributed by atoms with Gasteiger partial charge in [0.1, 0.15) is 11.7 Å². The van der Waals surface area contributed by atoms with Gasteiger partial charge in [-0.25, -0.2) is 4.98 Å². The SMILES string of the molecule is CC(=O)N[C@H](C(=O)NCc1cn2ccccc2n1)C(C)C. The Balaban J connectivity index is 2.00. The molecule has 0 bridgehead atoms. The highest BCUT2D eigenvalue weighted by Gasteiger charge is 2.22. The van der Waals surface area contributed by atoms with E-state index in [2.05, 4.69) is 15.6 Å². The molecule has 0 saturated carbocycles. The van der Waals surface area contributed by atoms with Gasteiger partial charge >= 0.3 is 0 Å². The number of nitrogens with one attached hydrogen (secondary N) is 2. The Labute approximate surface area is 123 Å². The van der Waals surface area contributed by atoms with Crippen LogP contribution in [0.25, 0.3) is 5.65 Å². The molecule has 0 radical (unpaired) electrons.